The van der Waals surface area contributed by atoms with Crippen LogP contribution in [-0.2, 0) is 18.6 Å². The highest BCUT2D eigenvalue weighted by atomic mass is 16.5. The summed E-state index contributed by atoms with van der Waals surface area (Å²) in [5.41, 5.74) is 3.36. The minimum absolute atomic E-state index is 0.0864. The SMILES string of the molecule is CC[C@@H](c1nnnn1C(C)(C)C)N(Cc1ccccc1OC)Cc1cc2cc(C)ccc2[nH]c1=O. The molecule has 0 saturated heterocycles. The Hall–Kier alpha value is -3.52. The van der Waals surface area contributed by atoms with Crippen molar-refractivity contribution in [1.82, 2.24) is 30.1 Å². The van der Waals surface area contributed by atoms with E-state index in [9.17, 15) is 4.79 Å². The van der Waals surface area contributed by atoms with Gasteiger partial charge >= 0.3 is 0 Å². The summed E-state index contributed by atoms with van der Waals surface area (Å²) in [7, 11) is 1.68. The third-order valence-corrected chi connectivity index (χ3v) is 6.27. The third kappa shape index (κ3) is 5.27. The number of rotatable bonds is 8. The molecule has 8 nitrogen and oxygen atoms in total. The number of methoxy groups -OCH3 is 1. The molecule has 35 heavy (non-hydrogen) atoms. The van der Waals surface area contributed by atoms with E-state index < -0.39 is 0 Å². The van der Waals surface area contributed by atoms with Crippen LogP contribution in [0.25, 0.3) is 10.9 Å². The fourth-order valence-electron chi connectivity index (χ4n) is 4.52. The molecule has 4 aromatic rings. The summed E-state index contributed by atoms with van der Waals surface area (Å²) in [6.45, 7) is 11.4. The van der Waals surface area contributed by atoms with Gasteiger partial charge in [0.15, 0.2) is 5.82 Å². The number of benzene rings is 2. The predicted molar refractivity (Wildman–Crippen MR) is 137 cm³/mol. The van der Waals surface area contributed by atoms with Gasteiger partial charge in [-0.2, -0.15) is 0 Å². The normalized spacial score (nSPS) is 12.9. The number of H-pyrrole nitrogens is 1. The Bertz CT molecular complexity index is 1370. The average Bonchev–Trinajstić information content (AvgIpc) is 3.31. The third-order valence-electron chi connectivity index (χ3n) is 6.27. The highest BCUT2D eigenvalue weighted by molar-refractivity contribution is 5.79. The molecular formula is C27H34N6O2. The minimum atomic E-state index is -0.277. The number of hydrogen-bond acceptors (Lipinski definition) is 6. The number of pyridine rings is 1. The lowest BCUT2D eigenvalue weighted by molar-refractivity contribution is 0.152. The van der Waals surface area contributed by atoms with Crippen molar-refractivity contribution in [1.29, 1.82) is 0 Å². The summed E-state index contributed by atoms with van der Waals surface area (Å²) in [4.78, 5) is 18.4. The highest BCUT2D eigenvalue weighted by Gasteiger charge is 2.30. The van der Waals surface area contributed by atoms with Crippen molar-refractivity contribution in [3.63, 3.8) is 0 Å². The number of nitrogens with zero attached hydrogens (tertiary/aromatic N) is 5. The van der Waals surface area contributed by atoms with Crippen molar-refractivity contribution in [2.75, 3.05) is 7.11 Å². The Morgan fingerprint density at radius 3 is 2.54 bits per heavy atom. The molecule has 0 bridgehead atoms. The van der Waals surface area contributed by atoms with Crippen molar-refractivity contribution in [3.05, 3.63) is 81.4 Å². The van der Waals surface area contributed by atoms with Gasteiger partial charge in [0.1, 0.15) is 5.75 Å². The van der Waals surface area contributed by atoms with Gasteiger partial charge in [0.05, 0.1) is 18.7 Å². The number of aromatic amines is 1. The van der Waals surface area contributed by atoms with Crippen molar-refractivity contribution < 1.29 is 4.74 Å². The molecule has 2 aromatic carbocycles. The van der Waals surface area contributed by atoms with Crippen LogP contribution in [0.1, 0.15) is 62.7 Å². The van der Waals surface area contributed by atoms with Crippen molar-refractivity contribution in [2.45, 2.75) is 65.7 Å². The molecule has 184 valence electrons. The summed E-state index contributed by atoms with van der Waals surface area (Å²) < 4.78 is 7.51. The monoisotopic (exact) mass is 474 g/mol. The van der Waals surface area contributed by atoms with Gasteiger partial charge in [-0.25, -0.2) is 4.68 Å². The molecule has 2 aromatic heterocycles. The fourth-order valence-corrected chi connectivity index (χ4v) is 4.52. The van der Waals surface area contributed by atoms with Crippen molar-refractivity contribution in [3.8, 4) is 5.75 Å². The van der Waals surface area contributed by atoms with Gasteiger partial charge in [-0.05, 0) is 74.2 Å². The van der Waals surface area contributed by atoms with Crippen LogP contribution in [0.5, 0.6) is 5.75 Å². The largest absolute Gasteiger partial charge is 0.496 e. The molecule has 0 radical (unpaired) electrons. The van der Waals surface area contributed by atoms with Crippen LogP contribution in [0.4, 0.5) is 0 Å². The number of hydrogen-bond donors (Lipinski definition) is 1. The first-order valence-electron chi connectivity index (χ1n) is 12.0. The summed E-state index contributed by atoms with van der Waals surface area (Å²) in [6, 6.07) is 15.9. The van der Waals surface area contributed by atoms with E-state index in [1.54, 1.807) is 7.11 Å². The van der Waals surface area contributed by atoms with Crippen LogP contribution in [0.3, 0.4) is 0 Å². The smallest absolute Gasteiger partial charge is 0.252 e. The van der Waals surface area contributed by atoms with E-state index in [4.69, 9.17) is 4.74 Å². The number of aryl methyl sites for hydroxylation is 1. The van der Waals surface area contributed by atoms with E-state index in [0.29, 0.717) is 18.7 Å². The quantitative estimate of drug-likeness (QED) is 0.397. The molecule has 2 heterocycles. The molecule has 0 unspecified atom stereocenters. The number of ether oxygens (including phenoxy) is 1. The molecule has 0 aliphatic rings. The second-order valence-electron chi connectivity index (χ2n) is 9.97. The maximum Gasteiger partial charge on any atom is 0.252 e. The van der Waals surface area contributed by atoms with E-state index in [0.717, 1.165) is 40.0 Å². The van der Waals surface area contributed by atoms with Crippen molar-refractivity contribution >= 4 is 10.9 Å². The zero-order valence-corrected chi connectivity index (χ0v) is 21.4. The molecule has 1 atom stereocenters. The molecule has 0 aliphatic heterocycles. The second kappa shape index (κ2) is 10.00. The van der Waals surface area contributed by atoms with Gasteiger partial charge in [0.25, 0.3) is 5.56 Å². The van der Waals surface area contributed by atoms with Crippen molar-refractivity contribution in [2.24, 2.45) is 0 Å². The Kier molecular flexibility index (Phi) is 7.03. The van der Waals surface area contributed by atoms with Gasteiger partial charge in [-0.15, -0.1) is 5.10 Å². The highest BCUT2D eigenvalue weighted by Crippen LogP contribution is 2.31. The first kappa shape index (κ1) is 24.6. The van der Waals surface area contributed by atoms with Crippen LogP contribution in [-0.4, -0.2) is 37.2 Å². The average molecular weight is 475 g/mol. The lowest BCUT2D eigenvalue weighted by atomic mass is 10.0. The first-order valence-corrected chi connectivity index (χ1v) is 12.0. The Morgan fingerprint density at radius 2 is 1.83 bits per heavy atom. The summed E-state index contributed by atoms with van der Waals surface area (Å²) in [6.07, 6.45) is 0.774. The molecule has 1 N–H and O–H groups in total. The van der Waals surface area contributed by atoms with E-state index >= 15 is 0 Å². The maximum atomic E-state index is 13.1. The van der Waals surface area contributed by atoms with Gasteiger partial charge in [-0.3, -0.25) is 9.69 Å². The molecule has 8 heteroatoms. The molecular weight excluding hydrogens is 440 g/mol. The maximum absolute atomic E-state index is 13.1. The Labute approximate surface area is 205 Å². The standard InChI is InChI=1S/C27H34N6O2/c1-7-23(25-29-30-31-33(25)27(3,4)5)32(16-19-10-8-9-11-24(19)35-6)17-21-15-20-14-18(2)12-13-22(20)28-26(21)34/h8-15,23H,7,16-17H2,1-6H3,(H,28,34)/t23-/m0/s1. The van der Waals surface area contributed by atoms with Gasteiger partial charge in [0.2, 0.25) is 0 Å². The second-order valence-corrected chi connectivity index (χ2v) is 9.97. The van der Waals surface area contributed by atoms with Gasteiger partial charge in [-0.1, -0.05) is 36.8 Å². The lowest BCUT2D eigenvalue weighted by Gasteiger charge is -2.32. The fraction of sp³-hybridized carbons (Fsp3) is 0.407. The molecule has 0 amide bonds. The van der Waals surface area contributed by atoms with Gasteiger partial charge in [0, 0.05) is 29.7 Å². The Morgan fingerprint density at radius 1 is 1.09 bits per heavy atom. The topological polar surface area (TPSA) is 88.9 Å². The number of aromatic nitrogens is 5. The summed E-state index contributed by atoms with van der Waals surface area (Å²) in [5, 5.41) is 13.7. The van der Waals surface area contributed by atoms with Crippen LogP contribution in [0, 0.1) is 6.92 Å². The zero-order chi connectivity index (χ0) is 25.2. The molecule has 0 saturated carbocycles. The Balaban J connectivity index is 1.80. The van der Waals surface area contributed by atoms with Crippen LogP contribution in [0.15, 0.2) is 53.3 Å². The van der Waals surface area contributed by atoms with Gasteiger partial charge < -0.3 is 9.72 Å². The van der Waals surface area contributed by atoms with Crippen LogP contribution >= 0.6 is 0 Å². The molecule has 0 aliphatic carbocycles. The predicted octanol–water partition coefficient (Wildman–Crippen LogP) is 4.74. The van der Waals surface area contributed by atoms with Crippen LogP contribution < -0.4 is 10.3 Å². The van der Waals surface area contributed by atoms with Crippen LogP contribution in [0.2, 0.25) is 0 Å². The number of tetrazole rings is 1. The minimum Gasteiger partial charge on any atom is -0.496 e. The number of nitrogens with one attached hydrogen (secondary N) is 1. The lowest BCUT2D eigenvalue weighted by Crippen LogP contribution is -2.35. The van der Waals surface area contributed by atoms with E-state index in [1.807, 2.05) is 41.1 Å². The van der Waals surface area contributed by atoms with E-state index in [-0.39, 0.29) is 17.1 Å². The van der Waals surface area contributed by atoms with E-state index in [2.05, 4.69) is 72.2 Å². The first-order chi connectivity index (χ1) is 16.7. The van der Waals surface area contributed by atoms with E-state index in [1.165, 1.54) is 0 Å². The molecule has 0 fully saturated rings. The zero-order valence-electron chi connectivity index (χ0n) is 21.4. The summed E-state index contributed by atoms with van der Waals surface area (Å²) in [5.74, 6) is 1.59. The molecule has 4 rings (SSSR count). The number of para-hydroxylation sites is 1. The number of fused-ring (bicyclic) bond motifs is 1. The molecule has 0 spiro atoms. The summed E-state index contributed by atoms with van der Waals surface area (Å²) >= 11 is 0.